The second-order valence-corrected chi connectivity index (χ2v) is 4.16. The summed E-state index contributed by atoms with van der Waals surface area (Å²) in [5.41, 5.74) is 2.54. The summed E-state index contributed by atoms with van der Waals surface area (Å²) in [6.45, 7) is 8.51. The van der Waals surface area contributed by atoms with Crippen LogP contribution in [0.1, 0.15) is 31.0 Å². The lowest BCUT2D eigenvalue weighted by molar-refractivity contribution is 0.591. The van der Waals surface area contributed by atoms with E-state index in [0.29, 0.717) is 0 Å². The Bertz CT molecular complexity index is 293. The highest BCUT2D eigenvalue weighted by Gasteiger charge is 2.01. The summed E-state index contributed by atoms with van der Waals surface area (Å²) in [4.78, 5) is 0. The van der Waals surface area contributed by atoms with Crippen molar-refractivity contribution in [2.75, 3.05) is 19.6 Å². The van der Waals surface area contributed by atoms with Crippen LogP contribution in [0.4, 0.5) is 0 Å². The van der Waals surface area contributed by atoms with Crippen LogP contribution < -0.4 is 10.6 Å². The Hall–Kier alpha value is -0.870. The fraction of sp³-hybridized carbons (Fsp3) is 0.750. The normalized spacial score (nSPS) is 10.9. The van der Waals surface area contributed by atoms with Gasteiger partial charge in [-0.1, -0.05) is 6.92 Å². The van der Waals surface area contributed by atoms with Crippen molar-refractivity contribution in [3.05, 3.63) is 17.5 Å². The van der Waals surface area contributed by atoms with Crippen LogP contribution in [0.3, 0.4) is 0 Å². The molecule has 0 aliphatic heterocycles. The van der Waals surface area contributed by atoms with E-state index in [9.17, 15) is 0 Å². The Balaban J connectivity index is 2.05. The van der Waals surface area contributed by atoms with Crippen molar-refractivity contribution in [3.63, 3.8) is 0 Å². The monoisotopic (exact) mass is 224 g/mol. The highest BCUT2D eigenvalue weighted by molar-refractivity contribution is 5.15. The van der Waals surface area contributed by atoms with Gasteiger partial charge < -0.3 is 10.6 Å². The molecule has 0 aliphatic carbocycles. The highest BCUT2D eigenvalue weighted by atomic mass is 15.3. The molecule has 4 nitrogen and oxygen atoms in total. The Labute approximate surface area is 98.4 Å². The van der Waals surface area contributed by atoms with E-state index in [-0.39, 0.29) is 0 Å². The van der Waals surface area contributed by atoms with Gasteiger partial charge in [0.15, 0.2) is 0 Å². The third-order valence-corrected chi connectivity index (χ3v) is 2.79. The van der Waals surface area contributed by atoms with Gasteiger partial charge in [-0.15, -0.1) is 0 Å². The number of rotatable bonds is 8. The van der Waals surface area contributed by atoms with Gasteiger partial charge in [0.1, 0.15) is 0 Å². The van der Waals surface area contributed by atoms with E-state index < -0.39 is 0 Å². The van der Waals surface area contributed by atoms with Crippen LogP contribution in [-0.2, 0) is 13.6 Å². The zero-order chi connectivity index (χ0) is 11.8. The number of hydrogen-bond acceptors (Lipinski definition) is 3. The molecule has 1 aromatic heterocycles. The van der Waals surface area contributed by atoms with E-state index in [2.05, 4.69) is 29.6 Å². The molecule has 0 saturated carbocycles. The van der Waals surface area contributed by atoms with Gasteiger partial charge in [0.05, 0.1) is 6.20 Å². The summed E-state index contributed by atoms with van der Waals surface area (Å²) in [5, 5.41) is 11.1. The predicted octanol–water partition coefficient (Wildman–Crippen LogP) is 1.21. The van der Waals surface area contributed by atoms with E-state index in [1.807, 2.05) is 17.9 Å². The lowest BCUT2D eigenvalue weighted by Gasteiger charge is -2.05. The van der Waals surface area contributed by atoms with Crippen LogP contribution in [0.2, 0.25) is 0 Å². The van der Waals surface area contributed by atoms with Gasteiger partial charge in [-0.25, -0.2) is 0 Å². The molecule has 0 atom stereocenters. The number of aromatic nitrogens is 2. The molecule has 0 fully saturated rings. The van der Waals surface area contributed by atoms with Gasteiger partial charge in [-0.05, 0) is 39.4 Å². The van der Waals surface area contributed by atoms with Crippen LogP contribution in [0.5, 0.6) is 0 Å². The van der Waals surface area contributed by atoms with E-state index in [0.717, 1.165) is 26.2 Å². The fourth-order valence-electron chi connectivity index (χ4n) is 1.58. The Morgan fingerprint density at radius 1 is 1.25 bits per heavy atom. The molecule has 0 spiro atoms. The van der Waals surface area contributed by atoms with Crippen LogP contribution in [-0.4, -0.2) is 29.4 Å². The molecule has 0 aromatic carbocycles. The topological polar surface area (TPSA) is 41.9 Å². The quantitative estimate of drug-likeness (QED) is 0.652. The maximum absolute atomic E-state index is 4.22. The first-order valence-corrected chi connectivity index (χ1v) is 6.14. The highest BCUT2D eigenvalue weighted by Crippen LogP contribution is 2.04. The van der Waals surface area contributed by atoms with E-state index in [1.165, 1.54) is 24.1 Å². The van der Waals surface area contributed by atoms with Gasteiger partial charge in [0.25, 0.3) is 0 Å². The third kappa shape index (κ3) is 4.33. The van der Waals surface area contributed by atoms with Gasteiger partial charge in [0, 0.05) is 24.8 Å². The van der Waals surface area contributed by atoms with Crippen molar-refractivity contribution in [1.82, 2.24) is 20.4 Å². The molecule has 92 valence electrons. The molecule has 0 amide bonds. The zero-order valence-corrected chi connectivity index (χ0v) is 10.7. The third-order valence-electron chi connectivity index (χ3n) is 2.79. The summed E-state index contributed by atoms with van der Waals surface area (Å²) in [6.07, 6.45) is 4.33. The maximum atomic E-state index is 4.22. The second kappa shape index (κ2) is 7.41. The first-order chi connectivity index (χ1) is 7.75. The Morgan fingerprint density at radius 2 is 2.00 bits per heavy atom. The van der Waals surface area contributed by atoms with E-state index in [4.69, 9.17) is 0 Å². The molecule has 2 N–H and O–H groups in total. The summed E-state index contributed by atoms with van der Waals surface area (Å²) < 4.78 is 1.92. The fourth-order valence-corrected chi connectivity index (χ4v) is 1.58. The standard InChI is InChI=1S/C12H24N4/c1-4-6-13-7-5-8-14-9-12-10-15-16(3)11(12)2/h10,13-14H,4-9H2,1-3H3. The first-order valence-electron chi connectivity index (χ1n) is 6.14. The molecular formula is C12H24N4. The number of hydrogen-bond donors (Lipinski definition) is 2. The molecule has 1 rings (SSSR count). The first kappa shape index (κ1) is 13.2. The minimum Gasteiger partial charge on any atom is -0.317 e. The molecular weight excluding hydrogens is 200 g/mol. The molecule has 1 aromatic rings. The van der Waals surface area contributed by atoms with Crippen molar-refractivity contribution in [2.45, 2.75) is 33.2 Å². The second-order valence-electron chi connectivity index (χ2n) is 4.16. The van der Waals surface area contributed by atoms with Crippen LogP contribution in [0, 0.1) is 6.92 Å². The Kier molecular flexibility index (Phi) is 6.11. The minimum atomic E-state index is 0.924. The molecule has 1 heterocycles. The summed E-state index contributed by atoms with van der Waals surface area (Å²) in [5.74, 6) is 0. The van der Waals surface area contributed by atoms with Crippen molar-refractivity contribution in [1.29, 1.82) is 0 Å². The summed E-state index contributed by atoms with van der Waals surface area (Å²) >= 11 is 0. The van der Waals surface area contributed by atoms with Gasteiger partial charge in [-0.2, -0.15) is 5.10 Å². The summed E-state index contributed by atoms with van der Waals surface area (Å²) in [6, 6.07) is 0. The van der Waals surface area contributed by atoms with Crippen molar-refractivity contribution in [2.24, 2.45) is 7.05 Å². The zero-order valence-electron chi connectivity index (χ0n) is 10.7. The molecule has 0 unspecified atom stereocenters. The number of nitrogens with one attached hydrogen (secondary N) is 2. The van der Waals surface area contributed by atoms with Crippen molar-refractivity contribution < 1.29 is 0 Å². The van der Waals surface area contributed by atoms with E-state index in [1.54, 1.807) is 0 Å². The lowest BCUT2D eigenvalue weighted by atomic mass is 10.2. The number of nitrogens with zero attached hydrogens (tertiary/aromatic N) is 2. The Morgan fingerprint density at radius 3 is 2.62 bits per heavy atom. The predicted molar refractivity (Wildman–Crippen MR) is 67.4 cm³/mol. The maximum Gasteiger partial charge on any atom is 0.0537 e. The smallest absolute Gasteiger partial charge is 0.0537 e. The van der Waals surface area contributed by atoms with Crippen LogP contribution in [0.15, 0.2) is 6.20 Å². The molecule has 0 saturated heterocycles. The molecule has 0 aliphatic rings. The molecule has 4 heteroatoms. The van der Waals surface area contributed by atoms with Gasteiger partial charge in [0.2, 0.25) is 0 Å². The van der Waals surface area contributed by atoms with Crippen molar-refractivity contribution >= 4 is 0 Å². The largest absolute Gasteiger partial charge is 0.317 e. The molecule has 0 bridgehead atoms. The van der Waals surface area contributed by atoms with Crippen LogP contribution >= 0.6 is 0 Å². The van der Waals surface area contributed by atoms with Crippen molar-refractivity contribution in [3.8, 4) is 0 Å². The lowest BCUT2D eigenvalue weighted by Crippen LogP contribution is -2.22. The average molecular weight is 224 g/mol. The van der Waals surface area contributed by atoms with Gasteiger partial charge in [-0.3, -0.25) is 4.68 Å². The molecule has 0 radical (unpaired) electrons. The molecule has 16 heavy (non-hydrogen) atoms. The van der Waals surface area contributed by atoms with Gasteiger partial charge >= 0.3 is 0 Å². The number of aryl methyl sites for hydroxylation is 1. The SMILES string of the molecule is CCCNCCCNCc1cnn(C)c1C. The van der Waals surface area contributed by atoms with Crippen LogP contribution in [0.25, 0.3) is 0 Å². The average Bonchev–Trinajstić information content (AvgIpc) is 2.59. The summed E-state index contributed by atoms with van der Waals surface area (Å²) in [7, 11) is 1.98. The minimum absolute atomic E-state index is 0.924. The van der Waals surface area contributed by atoms with E-state index >= 15 is 0 Å².